The average Bonchev–Trinajstić information content (AvgIpc) is 2.64. The topological polar surface area (TPSA) is 83.2 Å². The first kappa shape index (κ1) is 13.7. The van der Waals surface area contributed by atoms with E-state index in [-0.39, 0.29) is 1.43 Å². The second-order valence-electron chi connectivity index (χ2n) is 5.15. The van der Waals surface area contributed by atoms with Crippen molar-refractivity contribution in [2.24, 2.45) is 10.7 Å². The molecule has 0 spiro atoms. The average molecular weight is 264 g/mol. The minimum Gasteiger partial charge on any atom is -0.397 e. The fourth-order valence-corrected chi connectivity index (χ4v) is 2.17. The summed E-state index contributed by atoms with van der Waals surface area (Å²) in [5.41, 5.74) is 9.24. The van der Waals surface area contributed by atoms with Crippen LogP contribution in [0, 0.1) is 6.92 Å². The summed E-state index contributed by atoms with van der Waals surface area (Å²) in [4.78, 5) is 7.00. The predicted octanol–water partition coefficient (Wildman–Crippen LogP) is 1.21. The SMILES string of the molecule is Cc1n[nH]nc1/C(N)=C/C1=NCCCN(C(C)C)C1.[HH]. The first-order chi connectivity index (χ1) is 9.08. The van der Waals surface area contributed by atoms with E-state index >= 15 is 0 Å². The van der Waals surface area contributed by atoms with Crippen molar-refractivity contribution in [2.45, 2.75) is 33.2 Å². The zero-order valence-corrected chi connectivity index (χ0v) is 11.8. The van der Waals surface area contributed by atoms with E-state index in [1.54, 1.807) is 0 Å². The highest BCUT2D eigenvalue weighted by atomic mass is 15.3. The van der Waals surface area contributed by atoms with Crippen molar-refractivity contribution in [1.29, 1.82) is 0 Å². The van der Waals surface area contributed by atoms with Crippen LogP contribution < -0.4 is 5.73 Å². The van der Waals surface area contributed by atoms with E-state index in [2.05, 4.69) is 39.2 Å². The van der Waals surface area contributed by atoms with Crippen LogP contribution in [0.2, 0.25) is 0 Å². The Labute approximate surface area is 115 Å². The first-order valence-corrected chi connectivity index (χ1v) is 6.70. The van der Waals surface area contributed by atoms with Crippen molar-refractivity contribution in [3.05, 3.63) is 17.5 Å². The van der Waals surface area contributed by atoms with Gasteiger partial charge in [0.2, 0.25) is 0 Å². The van der Waals surface area contributed by atoms with Crippen LogP contribution in [-0.2, 0) is 0 Å². The Morgan fingerprint density at radius 3 is 2.89 bits per heavy atom. The maximum Gasteiger partial charge on any atom is 0.131 e. The number of nitrogens with two attached hydrogens (primary N) is 1. The molecule has 0 amide bonds. The predicted molar refractivity (Wildman–Crippen MR) is 79.0 cm³/mol. The Morgan fingerprint density at radius 2 is 2.26 bits per heavy atom. The summed E-state index contributed by atoms with van der Waals surface area (Å²) in [6, 6.07) is 0.520. The quantitative estimate of drug-likeness (QED) is 0.859. The van der Waals surface area contributed by atoms with Crippen LogP contribution >= 0.6 is 0 Å². The highest BCUT2D eigenvalue weighted by Gasteiger charge is 2.15. The lowest BCUT2D eigenvalue weighted by atomic mass is 10.2. The molecule has 19 heavy (non-hydrogen) atoms. The highest BCUT2D eigenvalue weighted by Crippen LogP contribution is 2.11. The second-order valence-corrected chi connectivity index (χ2v) is 5.15. The molecule has 0 bridgehead atoms. The molecule has 0 unspecified atom stereocenters. The number of hydrogen-bond donors (Lipinski definition) is 2. The minimum atomic E-state index is 0. The Morgan fingerprint density at radius 1 is 1.47 bits per heavy atom. The molecule has 6 heteroatoms. The van der Waals surface area contributed by atoms with Gasteiger partial charge in [0.25, 0.3) is 0 Å². The Kier molecular flexibility index (Phi) is 4.31. The van der Waals surface area contributed by atoms with E-state index in [0.29, 0.717) is 17.4 Å². The number of hydrogen-bond acceptors (Lipinski definition) is 5. The van der Waals surface area contributed by atoms with Gasteiger partial charge in [0.1, 0.15) is 5.69 Å². The summed E-state index contributed by atoms with van der Waals surface area (Å²) < 4.78 is 0. The van der Waals surface area contributed by atoms with Gasteiger partial charge in [0, 0.05) is 27.1 Å². The van der Waals surface area contributed by atoms with Gasteiger partial charge in [-0.3, -0.25) is 9.89 Å². The molecule has 3 N–H and O–H groups in total. The molecule has 0 radical (unpaired) electrons. The zero-order chi connectivity index (χ0) is 13.8. The van der Waals surface area contributed by atoms with E-state index in [1.165, 1.54) is 0 Å². The van der Waals surface area contributed by atoms with Crippen molar-refractivity contribution in [3.63, 3.8) is 0 Å². The third-order valence-corrected chi connectivity index (χ3v) is 3.33. The number of aryl methyl sites for hydroxylation is 1. The van der Waals surface area contributed by atoms with Crippen LogP contribution in [0.4, 0.5) is 0 Å². The number of aliphatic imine (C=N–C) groups is 1. The molecule has 1 aliphatic rings. The summed E-state index contributed by atoms with van der Waals surface area (Å²) in [6.07, 6.45) is 3.02. The van der Waals surface area contributed by atoms with Crippen molar-refractivity contribution in [2.75, 3.05) is 19.6 Å². The third-order valence-electron chi connectivity index (χ3n) is 3.33. The van der Waals surface area contributed by atoms with Gasteiger partial charge in [0.15, 0.2) is 0 Å². The molecule has 0 aromatic carbocycles. The maximum atomic E-state index is 6.08. The van der Waals surface area contributed by atoms with Gasteiger partial charge in [-0.2, -0.15) is 15.4 Å². The number of aromatic amines is 1. The van der Waals surface area contributed by atoms with Gasteiger partial charge in [-0.15, -0.1) is 0 Å². The lowest BCUT2D eigenvalue weighted by molar-refractivity contribution is 0.257. The van der Waals surface area contributed by atoms with Gasteiger partial charge < -0.3 is 5.73 Å². The maximum absolute atomic E-state index is 6.08. The van der Waals surface area contributed by atoms with E-state index < -0.39 is 0 Å². The zero-order valence-electron chi connectivity index (χ0n) is 11.8. The third kappa shape index (κ3) is 3.41. The molecule has 0 saturated heterocycles. The lowest BCUT2D eigenvalue weighted by Gasteiger charge is -2.24. The van der Waals surface area contributed by atoms with Crippen LogP contribution in [0.3, 0.4) is 0 Å². The largest absolute Gasteiger partial charge is 0.397 e. The van der Waals surface area contributed by atoms with Crippen molar-refractivity contribution < 1.29 is 1.43 Å². The molecular formula is C13H24N6. The summed E-state index contributed by atoms with van der Waals surface area (Å²) in [5, 5.41) is 10.6. The van der Waals surface area contributed by atoms with E-state index in [1.807, 2.05) is 13.0 Å². The standard InChI is InChI=1S/C13H22N6.H2/c1-9(2)19-6-4-5-15-11(8-19)7-12(14)13-10(3)16-18-17-13;/h7,9H,4-6,8,14H2,1-3H3,(H,16,17,18);1H/b12-7-;. The van der Waals surface area contributed by atoms with Crippen LogP contribution in [0.5, 0.6) is 0 Å². The number of aromatic nitrogens is 3. The summed E-state index contributed by atoms with van der Waals surface area (Å²) in [7, 11) is 0. The number of nitrogens with zero attached hydrogens (tertiary/aromatic N) is 4. The molecular weight excluding hydrogens is 240 g/mol. The molecule has 0 aliphatic carbocycles. The molecule has 6 nitrogen and oxygen atoms in total. The van der Waals surface area contributed by atoms with Crippen molar-refractivity contribution in [1.82, 2.24) is 20.3 Å². The number of nitrogens with one attached hydrogen (secondary N) is 1. The molecule has 2 heterocycles. The Bertz CT molecular complexity index is 491. The summed E-state index contributed by atoms with van der Waals surface area (Å²) >= 11 is 0. The highest BCUT2D eigenvalue weighted by molar-refractivity contribution is 6.01. The van der Waals surface area contributed by atoms with Crippen LogP contribution in [0.25, 0.3) is 5.70 Å². The summed E-state index contributed by atoms with van der Waals surface area (Å²) in [5.74, 6) is 0. The van der Waals surface area contributed by atoms with Gasteiger partial charge in [-0.25, -0.2) is 0 Å². The smallest absolute Gasteiger partial charge is 0.131 e. The Hall–Kier alpha value is -1.69. The second kappa shape index (κ2) is 5.97. The van der Waals surface area contributed by atoms with E-state index in [9.17, 15) is 0 Å². The van der Waals surface area contributed by atoms with Crippen molar-refractivity contribution in [3.8, 4) is 0 Å². The minimum absolute atomic E-state index is 0. The molecule has 106 valence electrons. The number of H-pyrrole nitrogens is 1. The Balaban J connectivity index is 0.00000200. The van der Waals surface area contributed by atoms with Gasteiger partial charge in [-0.05, 0) is 33.3 Å². The fraction of sp³-hybridized carbons (Fsp3) is 0.615. The normalized spacial score (nSPS) is 18.5. The van der Waals surface area contributed by atoms with Crippen LogP contribution in [0.1, 0.15) is 33.1 Å². The van der Waals surface area contributed by atoms with Crippen molar-refractivity contribution >= 4 is 11.4 Å². The molecule has 2 rings (SSSR count). The molecule has 0 fully saturated rings. The van der Waals surface area contributed by atoms with Gasteiger partial charge >= 0.3 is 0 Å². The number of rotatable bonds is 3. The molecule has 1 aliphatic heterocycles. The van der Waals surface area contributed by atoms with E-state index in [4.69, 9.17) is 5.73 Å². The first-order valence-electron chi connectivity index (χ1n) is 6.70. The van der Waals surface area contributed by atoms with Gasteiger partial charge in [0.05, 0.1) is 17.1 Å². The van der Waals surface area contributed by atoms with Gasteiger partial charge in [-0.1, -0.05) is 0 Å². The fourth-order valence-electron chi connectivity index (χ4n) is 2.17. The lowest BCUT2D eigenvalue weighted by Crippen LogP contribution is -2.35. The molecule has 1 aromatic heterocycles. The summed E-state index contributed by atoms with van der Waals surface area (Å²) in [6.45, 7) is 9.08. The molecule has 0 atom stereocenters. The van der Waals surface area contributed by atoms with Crippen LogP contribution in [-0.4, -0.2) is 51.7 Å². The molecule has 1 aromatic rings. The monoisotopic (exact) mass is 264 g/mol. The van der Waals surface area contributed by atoms with E-state index in [0.717, 1.165) is 37.5 Å². The van der Waals surface area contributed by atoms with Crippen LogP contribution in [0.15, 0.2) is 11.1 Å². The molecule has 0 saturated carbocycles.